The first-order valence-electron chi connectivity index (χ1n) is 5.60. The van der Waals surface area contributed by atoms with Crippen molar-refractivity contribution in [3.05, 3.63) is 35.9 Å². The first-order valence-corrected chi connectivity index (χ1v) is 5.60. The maximum Gasteiger partial charge on any atom is 0.317 e. The van der Waals surface area contributed by atoms with Gasteiger partial charge in [0.25, 0.3) is 0 Å². The zero-order valence-corrected chi connectivity index (χ0v) is 11.0. The summed E-state index contributed by atoms with van der Waals surface area (Å²) in [5, 5.41) is 7.60. The number of rotatable bonds is 1. The normalized spacial score (nSPS) is 6.47. The molecule has 0 aliphatic rings. The minimum absolute atomic E-state index is 0. The van der Waals surface area contributed by atoms with Crippen molar-refractivity contribution in [1.29, 1.82) is 0 Å². The highest BCUT2D eigenvalue weighted by Crippen LogP contribution is 1.92. The van der Waals surface area contributed by atoms with E-state index in [2.05, 4.69) is 24.8 Å². The second kappa shape index (κ2) is 24.1. The molecule has 1 aromatic rings. The van der Waals surface area contributed by atoms with Gasteiger partial charge in [-0.2, -0.15) is 0 Å². The molecule has 0 amide bonds. The Kier molecular flexibility index (Phi) is 35.0. The Bertz CT molecular complexity index is 223. The van der Waals surface area contributed by atoms with Gasteiger partial charge in [-0.1, -0.05) is 71.0 Å². The molecule has 0 aromatic heterocycles. The summed E-state index contributed by atoms with van der Waals surface area (Å²) in [5.74, 6) is -0.968. The van der Waals surface area contributed by atoms with E-state index < -0.39 is 5.97 Å². The van der Waals surface area contributed by atoms with Crippen LogP contribution in [0.15, 0.2) is 30.3 Å². The lowest BCUT2D eigenvalue weighted by molar-refractivity contribution is -0.135. The summed E-state index contributed by atoms with van der Waals surface area (Å²) in [7, 11) is 0. The third-order valence-corrected chi connectivity index (χ3v) is 1.12. The van der Waals surface area contributed by atoms with Gasteiger partial charge in [-0.25, -0.2) is 0 Å². The third kappa shape index (κ3) is 31.3. The molecule has 0 spiro atoms. The monoisotopic (exact) mass is 243 g/mol. The number of carbonyl (C=O) groups is 1. The quantitative estimate of drug-likeness (QED) is 0.790. The van der Waals surface area contributed by atoms with Gasteiger partial charge in [0, 0.05) is 0 Å². The van der Waals surface area contributed by atoms with Crippen molar-refractivity contribution in [3.63, 3.8) is 0 Å². The lowest BCUT2D eigenvalue weighted by Crippen LogP contribution is -2.10. The van der Waals surface area contributed by atoms with Crippen molar-refractivity contribution in [2.24, 2.45) is 5.73 Å². The predicted octanol–water partition coefficient (Wildman–Crippen LogP) is 3.71. The van der Waals surface area contributed by atoms with E-state index in [1.807, 2.05) is 45.9 Å². The Labute approximate surface area is 107 Å². The minimum Gasteiger partial charge on any atom is -0.480 e. The second-order valence-corrected chi connectivity index (χ2v) is 2.25. The topological polar surface area (TPSA) is 63.3 Å². The molecule has 102 valence electrons. The molecule has 0 atom stereocenters. The summed E-state index contributed by atoms with van der Waals surface area (Å²) >= 11 is 0. The van der Waals surface area contributed by atoms with Gasteiger partial charge in [-0.15, -0.1) is 0 Å². The fourth-order valence-corrected chi connectivity index (χ4v) is 0.534. The highest BCUT2D eigenvalue weighted by Gasteiger charge is 1.81. The zero-order valence-electron chi connectivity index (χ0n) is 11.0. The first kappa shape index (κ1) is 24.7. The van der Waals surface area contributed by atoms with E-state index in [1.165, 1.54) is 5.56 Å². The molecule has 1 aromatic carbocycles. The van der Waals surface area contributed by atoms with Gasteiger partial charge in [0.2, 0.25) is 0 Å². The maximum atomic E-state index is 9.24. The number of hydrogen-bond acceptors (Lipinski definition) is 2. The predicted molar refractivity (Wildman–Crippen MR) is 77.3 cm³/mol. The Morgan fingerprint density at radius 2 is 1.41 bits per heavy atom. The molecule has 0 fully saturated rings. The van der Waals surface area contributed by atoms with Crippen LogP contribution in [-0.2, 0) is 4.79 Å². The van der Waals surface area contributed by atoms with Crippen molar-refractivity contribution in [2.75, 3.05) is 6.54 Å². The molecular weight excluding hydrogens is 214 g/mol. The SMILES string of the molecule is C.CC.CC.Cc1ccccc1.NCC(=O)O. The van der Waals surface area contributed by atoms with E-state index >= 15 is 0 Å². The van der Waals surface area contributed by atoms with Crippen LogP contribution >= 0.6 is 0 Å². The molecular formula is C14H29NO2. The van der Waals surface area contributed by atoms with E-state index in [0.717, 1.165) is 0 Å². The summed E-state index contributed by atoms with van der Waals surface area (Å²) in [5.41, 5.74) is 5.89. The van der Waals surface area contributed by atoms with Gasteiger partial charge in [0.15, 0.2) is 0 Å². The van der Waals surface area contributed by atoms with Gasteiger partial charge in [-0.3, -0.25) is 4.79 Å². The van der Waals surface area contributed by atoms with Crippen molar-refractivity contribution >= 4 is 5.97 Å². The Balaban J connectivity index is -0.0000000758. The molecule has 0 saturated carbocycles. The summed E-state index contributed by atoms with van der Waals surface area (Å²) in [6.07, 6.45) is 0. The van der Waals surface area contributed by atoms with Crippen LogP contribution in [0.3, 0.4) is 0 Å². The van der Waals surface area contributed by atoms with Gasteiger partial charge >= 0.3 is 5.97 Å². The number of hydrogen-bond donors (Lipinski definition) is 2. The number of aliphatic carboxylic acids is 1. The Morgan fingerprint density at radius 1 is 1.12 bits per heavy atom. The van der Waals surface area contributed by atoms with Crippen molar-refractivity contribution in [1.82, 2.24) is 0 Å². The average Bonchev–Trinajstić information content (AvgIpc) is 2.36. The molecule has 0 heterocycles. The number of aryl methyl sites for hydroxylation is 1. The molecule has 1 rings (SSSR count). The van der Waals surface area contributed by atoms with E-state index in [1.54, 1.807) is 0 Å². The van der Waals surface area contributed by atoms with Crippen LogP contribution in [0.25, 0.3) is 0 Å². The zero-order chi connectivity index (χ0) is 13.4. The molecule has 0 unspecified atom stereocenters. The molecule has 0 bridgehead atoms. The smallest absolute Gasteiger partial charge is 0.317 e. The number of nitrogens with two attached hydrogens (primary N) is 1. The summed E-state index contributed by atoms with van der Waals surface area (Å²) in [4.78, 5) is 9.24. The van der Waals surface area contributed by atoms with Crippen LogP contribution in [0, 0.1) is 6.92 Å². The van der Waals surface area contributed by atoms with E-state index in [9.17, 15) is 4.79 Å². The largest absolute Gasteiger partial charge is 0.480 e. The van der Waals surface area contributed by atoms with Crippen molar-refractivity contribution in [2.45, 2.75) is 42.0 Å². The highest BCUT2D eigenvalue weighted by molar-refractivity contribution is 5.68. The lowest BCUT2D eigenvalue weighted by atomic mass is 10.2. The fraction of sp³-hybridized carbons (Fsp3) is 0.500. The van der Waals surface area contributed by atoms with Gasteiger partial charge in [0.1, 0.15) is 0 Å². The number of benzene rings is 1. The van der Waals surface area contributed by atoms with Crippen LogP contribution in [-0.4, -0.2) is 17.6 Å². The van der Waals surface area contributed by atoms with E-state index in [0.29, 0.717) is 0 Å². The van der Waals surface area contributed by atoms with Crippen LogP contribution in [0.2, 0.25) is 0 Å². The number of carboxylic acids is 1. The minimum atomic E-state index is -0.968. The van der Waals surface area contributed by atoms with Gasteiger partial charge in [-0.05, 0) is 6.92 Å². The van der Waals surface area contributed by atoms with Crippen molar-refractivity contribution < 1.29 is 9.90 Å². The van der Waals surface area contributed by atoms with Crippen molar-refractivity contribution in [3.8, 4) is 0 Å². The standard InChI is InChI=1S/C7H8.C2H5NO2.2C2H6.CH4/c1-7-5-3-2-4-6-7;3-1-2(4)5;2*1-2;/h2-6H,1H3;1,3H2,(H,4,5);2*1-2H3;1H4. The fourth-order valence-electron chi connectivity index (χ4n) is 0.534. The molecule has 17 heavy (non-hydrogen) atoms. The van der Waals surface area contributed by atoms with E-state index in [4.69, 9.17) is 5.11 Å². The summed E-state index contributed by atoms with van der Waals surface area (Å²) in [6.45, 7) is 9.81. The molecule has 3 nitrogen and oxygen atoms in total. The summed E-state index contributed by atoms with van der Waals surface area (Å²) in [6, 6.07) is 10.3. The van der Waals surface area contributed by atoms with Crippen LogP contribution in [0.4, 0.5) is 0 Å². The van der Waals surface area contributed by atoms with Gasteiger partial charge < -0.3 is 10.8 Å². The second-order valence-electron chi connectivity index (χ2n) is 2.25. The maximum absolute atomic E-state index is 9.24. The molecule has 3 heteroatoms. The molecule has 0 saturated heterocycles. The number of carboxylic acid groups (broad SMARTS) is 1. The summed E-state index contributed by atoms with van der Waals surface area (Å²) < 4.78 is 0. The molecule has 0 radical (unpaired) electrons. The van der Waals surface area contributed by atoms with E-state index in [-0.39, 0.29) is 14.0 Å². The average molecular weight is 243 g/mol. The Hall–Kier alpha value is -1.35. The lowest BCUT2D eigenvalue weighted by Gasteiger charge is -1.82. The first-order chi connectivity index (χ1) is 7.66. The highest BCUT2D eigenvalue weighted by atomic mass is 16.4. The van der Waals surface area contributed by atoms with Crippen LogP contribution in [0.5, 0.6) is 0 Å². The van der Waals surface area contributed by atoms with Gasteiger partial charge in [0.05, 0.1) is 6.54 Å². The molecule has 3 N–H and O–H groups in total. The molecule has 0 aliphatic carbocycles. The van der Waals surface area contributed by atoms with Crippen LogP contribution < -0.4 is 5.73 Å². The third-order valence-electron chi connectivity index (χ3n) is 1.12. The van der Waals surface area contributed by atoms with Crippen LogP contribution in [0.1, 0.15) is 40.7 Å². The Morgan fingerprint density at radius 3 is 1.53 bits per heavy atom. The molecule has 0 aliphatic heterocycles.